The first-order valence-corrected chi connectivity index (χ1v) is 8.06. The molecule has 2 amide bonds. The van der Waals surface area contributed by atoms with Crippen molar-refractivity contribution in [3.8, 4) is 0 Å². The molecule has 19 heavy (non-hydrogen) atoms. The van der Waals surface area contributed by atoms with Gasteiger partial charge in [-0.3, -0.25) is 0 Å². The van der Waals surface area contributed by atoms with Gasteiger partial charge in [-0.1, -0.05) is 37.1 Å². The number of hydrogen-bond donors (Lipinski definition) is 1. The van der Waals surface area contributed by atoms with Crippen LogP contribution in [0.15, 0.2) is 24.3 Å². The molecular formula is C14H19ClN2OS. The average molecular weight is 299 g/mol. The minimum Gasteiger partial charge on any atom is -0.338 e. The summed E-state index contributed by atoms with van der Waals surface area (Å²) < 4.78 is 0. The summed E-state index contributed by atoms with van der Waals surface area (Å²) in [4.78, 5) is 14.1. The van der Waals surface area contributed by atoms with E-state index in [-0.39, 0.29) is 11.4 Å². The summed E-state index contributed by atoms with van der Waals surface area (Å²) >= 11 is 7.81. The van der Waals surface area contributed by atoms with E-state index in [0.29, 0.717) is 0 Å². The first kappa shape index (κ1) is 14.5. The fourth-order valence-corrected chi connectivity index (χ4v) is 3.53. The zero-order valence-electron chi connectivity index (χ0n) is 11.1. The van der Waals surface area contributed by atoms with Crippen LogP contribution in [-0.2, 0) is 0 Å². The minimum absolute atomic E-state index is 0.0309. The highest BCUT2D eigenvalue weighted by atomic mass is 35.5. The number of benzene rings is 1. The van der Waals surface area contributed by atoms with Crippen molar-refractivity contribution < 1.29 is 4.79 Å². The molecule has 104 valence electrons. The lowest BCUT2D eigenvalue weighted by atomic mass is 10.2. The summed E-state index contributed by atoms with van der Waals surface area (Å²) in [6.45, 7) is 3.66. The maximum absolute atomic E-state index is 12.2. The number of urea groups is 1. The molecule has 3 nitrogen and oxygen atoms in total. The molecule has 0 saturated carbocycles. The standard InChI is InChI=1S/C14H19ClN2OS/c1-2-3-7-16-14(18)17-8-9-19-13(17)11-5-4-6-12(15)10-11/h4-6,10,13H,2-3,7-9H2,1H3,(H,16,18)/t13-/m1/s1. The highest BCUT2D eigenvalue weighted by molar-refractivity contribution is 7.99. The number of rotatable bonds is 4. The third kappa shape index (κ3) is 3.80. The van der Waals surface area contributed by atoms with Crippen molar-refractivity contribution in [2.45, 2.75) is 25.1 Å². The molecule has 1 aromatic carbocycles. The molecule has 5 heteroatoms. The Kier molecular flexibility index (Phi) is 5.40. The van der Waals surface area contributed by atoms with Crippen LogP contribution in [0.5, 0.6) is 0 Å². The quantitative estimate of drug-likeness (QED) is 0.855. The number of nitrogens with zero attached hydrogens (tertiary/aromatic N) is 1. The van der Waals surface area contributed by atoms with E-state index < -0.39 is 0 Å². The van der Waals surface area contributed by atoms with E-state index >= 15 is 0 Å². The van der Waals surface area contributed by atoms with Gasteiger partial charge in [-0.25, -0.2) is 4.79 Å². The van der Waals surface area contributed by atoms with Crippen LogP contribution >= 0.6 is 23.4 Å². The molecule has 2 rings (SSSR count). The first-order chi connectivity index (χ1) is 9.22. The van der Waals surface area contributed by atoms with Gasteiger partial charge in [-0.05, 0) is 24.1 Å². The van der Waals surface area contributed by atoms with Crippen LogP contribution in [0.25, 0.3) is 0 Å². The predicted octanol–water partition coefficient (Wildman–Crippen LogP) is 3.90. The Morgan fingerprint density at radius 1 is 1.58 bits per heavy atom. The Balaban J connectivity index is 2.02. The summed E-state index contributed by atoms with van der Waals surface area (Å²) in [5, 5.41) is 3.78. The Labute approximate surface area is 123 Å². The van der Waals surface area contributed by atoms with Gasteiger partial charge in [0.2, 0.25) is 0 Å². The van der Waals surface area contributed by atoms with E-state index in [4.69, 9.17) is 11.6 Å². The lowest BCUT2D eigenvalue weighted by Crippen LogP contribution is -2.39. The molecule has 1 N–H and O–H groups in total. The normalized spacial score (nSPS) is 18.6. The maximum Gasteiger partial charge on any atom is 0.318 e. The number of carbonyl (C=O) groups excluding carboxylic acids is 1. The molecule has 0 spiro atoms. The smallest absolute Gasteiger partial charge is 0.318 e. The number of nitrogens with one attached hydrogen (secondary N) is 1. The molecule has 1 aliphatic rings. The Morgan fingerprint density at radius 3 is 3.16 bits per heavy atom. The summed E-state index contributed by atoms with van der Waals surface area (Å²) in [5.74, 6) is 0.971. The van der Waals surface area contributed by atoms with Gasteiger partial charge < -0.3 is 10.2 Å². The van der Waals surface area contributed by atoms with Crippen molar-refractivity contribution in [2.24, 2.45) is 0 Å². The maximum atomic E-state index is 12.2. The van der Waals surface area contributed by atoms with Crippen LogP contribution in [0.4, 0.5) is 4.79 Å². The Bertz CT molecular complexity index is 441. The van der Waals surface area contributed by atoms with E-state index in [0.717, 1.165) is 42.3 Å². The van der Waals surface area contributed by atoms with Crippen molar-refractivity contribution in [3.63, 3.8) is 0 Å². The fourth-order valence-electron chi connectivity index (χ4n) is 2.09. The Hall–Kier alpha value is -0.870. The van der Waals surface area contributed by atoms with E-state index in [9.17, 15) is 4.79 Å². The molecule has 0 radical (unpaired) electrons. The van der Waals surface area contributed by atoms with Gasteiger partial charge >= 0.3 is 6.03 Å². The first-order valence-electron chi connectivity index (χ1n) is 6.64. The molecular weight excluding hydrogens is 280 g/mol. The molecule has 1 fully saturated rings. The molecule has 0 aliphatic carbocycles. The second-order valence-corrected chi connectivity index (χ2v) is 6.18. The van der Waals surface area contributed by atoms with E-state index in [1.807, 2.05) is 29.2 Å². The Morgan fingerprint density at radius 2 is 2.42 bits per heavy atom. The van der Waals surface area contributed by atoms with Crippen molar-refractivity contribution in [1.29, 1.82) is 0 Å². The number of carbonyl (C=O) groups is 1. The number of amides is 2. The van der Waals surface area contributed by atoms with Crippen molar-refractivity contribution in [2.75, 3.05) is 18.8 Å². The zero-order chi connectivity index (χ0) is 13.7. The topological polar surface area (TPSA) is 32.3 Å². The number of unbranched alkanes of at least 4 members (excludes halogenated alkanes) is 1. The second kappa shape index (κ2) is 7.06. The summed E-state index contributed by atoms with van der Waals surface area (Å²) in [5.41, 5.74) is 1.10. The highest BCUT2D eigenvalue weighted by Crippen LogP contribution is 2.38. The number of hydrogen-bond acceptors (Lipinski definition) is 2. The fraction of sp³-hybridized carbons (Fsp3) is 0.500. The van der Waals surface area contributed by atoms with Crippen LogP contribution in [0.2, 0.25) is 5.02 Å². The van der Waals surface area contributed by atoms with E-state index in [2.05, 4.69) is 12.2 Å². The van der Waals surface area contributed by atoms with E-state index in [1.165, 1.54) is 0 Å². The SMILES string of the molecule is CCCCNC(=O)N1CCS[C@@H]1c1cccc(Cl)c1. The lowest BCUT2D eigenvalue weighted by Gasteiger charge is -2.24. The third-order valence-corrected chi connectivity index (χ3v) is 4.59. The number of halogens is 1. The van der Waals surface area contributed by atoms with Gasteiger partial charge in [0.1, 0.15) is 5.37 Å². The van der Waals surface area contributed by atoms with Crippen molar-refractivity contribution >= 4 is 29.4 Å². The van der Waals surface area contributed by atoms with Crippen LogP contribution in [0.1, 0.15) is 30.7 Å². The van der Waals surface area contributed by atoms with Crippen LogP contribution in [0.3, 0.4) is 0 Å². The molecule has 0 unspecified atom stereocenters. The summed E-state index contributed by atoms with van der Waals surface area (Å²) in [6, 6.07) is 7.79. The predicted molar refractivity (Wildman–Crippen MR) is 81.7 cm³/mol. The van der Waals surface area contributed by atoms with Crippen molar-refractivity contribution in [3.05, 3.63) is 34.9 Å². The third-order valence-electron chi connectivity index (χ3n) is 3.09. The van der Waals surface area contributed by atoms with Crippen LogP contribution in [-0.4, -0.2) is 29.8 Å². The molecule has 1 atom stereocenters. The van der Waals surface area contributed by atoms with Gasteiger partial charge in [-0.15, -0.1) is 11.8 Å². The minimum atomic E-state index is 0.0309. The molecule has 1 saturated heterocycles. The van der Waals surface area contributed by atoms with Gasteiger partial charge in [0, 0.05) is 23.9 Å². The monoisotopic (exact) mass is 298 g/mol. The van der Waals surface area contributed by atoms with Gasteiger partial charge in [0.05, 0.1) is 0 Å². The summed E-state index contributed by atoms with van der Waals surface area (Å²) in [7, 11) is 0. The zero-order valence-corrected chi connectivity index (χ0v) is 12.6. The highest BCUT2D eigenvalue weighted by Gasteiger charge is 2.30. The molecule has 1 heterocycles. The van der Waals surface area contributed by atoms with Crippen molar-refractivity contribution in [1.82, 2.24) is 10.2 Å². The van der Waals surface area contributed by atoms with E-state index in [1.54, 1.807) is 11.8 Å². The molecule has 1 aromatic rings. The average Bonchev–Trinajstić information content (AvgIpc) is 2.88. The van der Waals surface area contributed by atoms with Crippen LogP contribution in [0, 0.1) is 0 Å². The number of thioether (sulfide) groups is 1. The molecule has 0 bridgehead atoms. The van der Waals surface area contributed by atoms with Gasteiger partial charge in [0.15, 0.2) is 0 Å². The van der Waals surface area contributed by atoms with Crippen LogP contribution < -0.4 is 5.32 Å². The second-order valence-electron chi connectivity index (χ2n) is 4.56. The van der Waals surface area contributed by atoms with Gasteiger partial charge in [0.25, 0.3) is 0 Å². The lowest BCUT2D eigenvalue weighted by molar-refractivity contribution is 0.200. The largest absolute Gasteiger partial charge is 0.338 e. The summed E-state index contributed by atoms with van der Waals surface area (Å²) in [6.07, 6.45) is 2.11. The molecule has 0 aromatic heterocycles. The van der Waals surface area contributed by atoms with Gasteiger partial charge in [-0.2, -0.15) is 0 Å². The molecule has 1 aliphatic heterocycles.